The Bertz CT molecular complexity index is 2390. The third-order valence-electron chi connectivity index (χ3n) is 11.6. The van der Waals surface area contributed by atoms with Crippen molar-refractivity contribution in [3.63, 3.8) is 0 Å². The summed E-state index contributed by atoms with van der Waals surface area (Å²) in [6, 6.07) is 30.0. The van der Waals surface area contributed by atoms with Crippen molar-refractivity contribution in [3.8, 4) is 11.5 Å². The number of carbonyl (C=O) groups excluding carboxylic acids is 2. The van der Waals surface area contributed by atoms with Gasteiger partial charge in [-0.25, -0.2) is 4.99 Å². The molecule has 3 heterocycles. The highest BCUT2D eigenvalue weighted by Gasteiger charge is 2.21. The Balaban J connectivity index is 0.836. The summed E-state index contributed by atoms with van der Waals surface area (Å²) in [6.07, 6.45) is 13.4. The highest BCUT2D eigenvalue weighted by atomic mass is 16.5. The number of amides is 1. The number of rotatable bonds is 24. The van der Waals surface area contributed by atoms with E-state index < -0.39 is 0 Å². The van der Waals surface area contributed by atoms with Gasteiger partial charge in [0.05, 0.1) is 18.5 Å². The number of H-pyrrole nitrogens is 2. The van der Waals surface area contributed by atoms with Crippen LogP contribution in [-0.4, -0.2) is 77.8 Å². The lowest BCUT2D eigenvalue weighted by Gasteiger charge is -2.18. The molecule has 6 rings (SSSR count). The van der Waals surface area contributed by atoms with Gasteiger partial charge in [0.15, 0.2) is 5.78 Å². The number of unbranched alkanes of at least 4 members (excludes halogenated alkanes) is 5. The molecule has 1 aliphatic heterocycles. The fourth-order valence-electron chi connectivity index (χ4n) is 8.12. The smallest absolute Gasteiger partial charge is 0.220 e. The van der Waals surface area contributed by atoms with E-state index >= 15 is 0 Å². The number of likely N-dealkylation sites (N-methyl/N-ethyl adjacent to an activating group) is 1. The summed E-state index contributed by atoms with van der Waals surface area (Å²) in [4.78, 5) is 39.3. The van der Waals surface area contributed by atoms with Gasteiger partial charge in [0.2, 0.25) is 5.91 Å². The second-order valence-electron chi connectivity index (χ2n) is 16.2. The Morgan fingerprint density at radius 2 is 1.51 bits per heavy atom. The molecular formula is C53H63N5O5. The molecule has 0 bridgehead atoms. The number of aryl methyl sites for hydroxylation is 1. The van der Waals surface area contributed by atoms with Crippen LogP contribution in [0.4, 0.5) is 0 Å². The molecular weight excluding hydrogens is 787 g/mol. The van der Waals surface area contributed by atoms with Gasteiger partial charge in [0.1, 0.15) is 29.6 Å². The Hall–Kier alpha value is -6.39. The number of ketones is 1. The van der Waals surface area contributed by atoms with Crippen molar-refractivity contribution in [2.45, 2.75) is 78.6 Å². The van der Waals surface area contributed by atoms with E-state index in [9.17, 15) is 14.7 Å². The van der Waals surface area contributed by atoms with E-state index in [0.29, 0.717) is 37.4 Å². The van der Waals surface area contributed by atoms with Crippen LogP contribution in [0.2, 0.25) is 0 Å². The zero-order chi connectivity index (χ0) is 44.6. The number of Topliss-reactive ketones (excluding diaryl/α,β-unsaturated/α-hetero) is 1. The van der Waals surface area contributed by atoms with Crippen molar-refractivity contribution in [2.24, 2.45) is 4.99 Å². The Morgan fingerprint density at radius 1 is 0.825 bits per heavy atom. The summed E-state index contributed by atoms with van der Waals surface area (Å²) < 4.78 is 11.7. The fourth-order valence-corrected chi connectivity index (χ4v) is 8.12. The lowest BCUT2D eigenvalue weighted by Crippen LogP contribution is -2.34. The molecule has 0 atom stereocenters. The zero-order valence-electron chi connectivity index (χ0n) is 37.6. The van der Waals surface area contributed by atoms with Gasteiger partial charge in [-0.3, -0.25) is 9.59 Å². The van der Waals surface area contributed by atoms with Gasteiger partial charge in [-0.15, -0.1) is 0 Å². The second-order valence-corrected chi connectivity index (χ2v) is 16.2. The van der Waals surface area contributed by atoms with Crippen LogP contribution in [0.5, 0.6) is 11.5 Å². The first-order valence-electron chi connectivity index (χ1n) is 22.3. The number of aromatic hydroxyl groups is 1. The first kappa shape index (κ1) is 46.1. The molecule has 5 aromatic rings. The minimum Gasteiger partial charge on any atom is -0.508 e. The van der Waals surface area contributed by atoms with E-state index in [1.165, 1.54) is 11.1 Å². The predicted octanol–water partition coefficient (Wildman–Crippen LogP) is 10.8. The Kier molecular flexibility index (Phi) is 17.0. The van der Waals surface area contributed by atoms with Gasteiger partial charge in [-0.1, -0.05) is 87.2 Å². The number of allylic oxidation sites excluding steroid dienone is 2. The monoisotopic (exact) mass is 849 g/mol. The Labute approximate surface area is 372 Å². The molecule has 0 saturated heterocycles. The highest BCUT2D eigenvalue weighted by Crippen LogP contribution is 2.36. The average molecular weight is 850 g/mol. The highest BCUT2D eigenvalue weighted by molar-refractivity contribution is 6.11. The lowest BCUT2D eigenvalue weighted by molar-refractivity contribution is -0.121. The fraction of sp³-hybridized carbons (Fsp3) is 0.340. The third kappa shape index (κ3) is 12.8. The van der Waals surface area contributed by atoms with E-state index in [2.05, 4.69) is 63.5 Å². The van der Waals surface area contributed by atoms with Crippen LogP contribution in [0.25, 0.3) is 17.2 Å². The number of hydrogen-bond acceptors (Lipinski definition) is 7. The number of nitrogens with one attached hydrogen (secondary N) is 3. The Morgan fingerprint density at radius 3 is 2.17 bits per heavy atom. The molecule has 0 unspecified atom stereocenters. The SMILES string of the molecule is CC/C(=C(/c1ccc(O)cc1)c1ccc(OCCN(C)CCNC(=O)CCCCCCCCC(=O)c2c(C)[nH]c(/C=C3/N=C(c4ccc[nH]4)C=C3OC)c2C)cc1)c1ccccc1. The summed E-state index contributed by atoms with van der Waals surface area (Å²) in [5, 5.41) is 13.0. The molecule has 63 heavy (non-hydrogen) atoms. The van der Waals surface area contributed by atoms with Gasteiger partial charge in [0.25, 0.3) is 0 Å². The van der Waals surface area contributed by atoms with Crippen molar-refractivity contribution in [3.05, 3.63) is 160 Å². The number of carbonyl (C=O) groups is 2. The summed E-state index contributed by atoms with van der Waals surface area (Å²) in [7, 11) is 3.67. The van der Waals surface area contributed by atoms with Crippen molar-refractivity contribution in [1.29, 1.82) is 0 Å². The minimum atomic E-state index is 0.0898. The van der Waals surface area contributed by atoms with E-state index in [1.807, 2.05) is 81.7 Å². The maximum absolute atomic E-state index is 13.3. The molecule has 1 amide bonds. The van der Waals surface area contributed by atoms with Gasteiger partial charge < -0.3 is 34.8 Å². The number of nitrogens with zero attached hydrogens (tertiary/aromatic N) is 2. The van der Waals surface area contributed by atoms with Gasteiger partial charge in [0, 0.05) is 61.7 Å². The van der Waals surface area contributed by atoms with Crippen molar-refractivity contribution < 1.29 is 24.2 Å². The number of aromatic amines is 2. The molecule has 2 aromatic heterocycles. The standard InChI is InChI=1S/C53H63N5O5/c1-6-44(39-17-12-11-13-18-39)53(40-22-26-42(59)27-23-40)41-24-28-43(29-25-41)63-34-33-58(4)32-31-55-51(61)21-15-10-8-7-9-14-20-49(60)52-37(2)46(56-38(52)3)35-48-50(62-5)36-47(57-48)45-19-16-30-54-45/h11-13,16-19,22-30,35-36,54,56,59H,6-10,14-15,20-21,31-34H2,1-5H3,(H,55,61)/b48-35+,53-44+. The lowest BCUT2D eigenvalue weighted by atomic mass is 9.88. The van der Waals surface area contributed by atoms with E-state index in [1.54, 1.807) is 19.2 Å². The number of benzene rings is 3. The summed E-state index contributed by atoms with van der Waals surface area (Å²) in [6.45, 7) is 8.72. The first-order valence-corrected chi connectivity index (χ1v) is 22.3. The quantitative estimate of drug-likeness (QED) is 0.0278. The third-order valence-corrected chi connectivity index (χ3v) is 11.6. The summed E-state index contributed by atoms with van der Waals surface area (Å²) >= 11 is 0. The van der Waals surface area contributed by atoms with Crippen LogP contribution in [0.15, 0.2) is 120 Å². The molecule has 0 fully saturated rings. The minimum absolute atomic E-state index is 0.0898. The van der Waals surface area contributed by atoms with Crippen LogP contribution in [0.1, 0.15) is 114 Å². The molecule has 0 radical (unpaired) electrons. The van der Waals surface area contributed by atoms with Crippen LogP contribution in [0.3, 0.4) is 0 Å². The molecule has 0 spiro atoms. The van der Waals surface area contributed by atoms with Crippen LogP contribution in [0, 0.1) is 13.8 Å². The molecule has 330 valence electrons. The van der Waals surface area contributed by atoms with Crippen LogP contribution < -0.4 is 10.1 Å². The van der Waals surface area contributed by atoms with Crippen LogP contribution >= 0.6 is 0 Å². The molecule has 4 N–H and O–H groups in total. The molecule has 0 aliphatic carbocycles. The number of phenolic OH excluding ortho intramolecular Hbond substituents is 1. The van der Waals surface area contributed by atoms with Crippen molar-refractivity contribution >= 4 is 34.6 Å². The van der Waals surface area contributed by atoms with E-state index in [-0.39, 0.29) is 17.4 Å². The normalized spacial score (nSPS) is 13.5. The number of hydrogen-bond donors (Lipinski definition) is 4. The molecule has 10 heteroatoms. The van der Waals surface area contributed by atoms with Crippen molar-refractivity contribution in [1.82, 2.24) is 20.2 Å². The van der Waals surface area contributed by atoms with Gasteiger partial charge >= 0.3 is 0 Å². The zero-order valence-corrected chi connectivity index (χ0v) is 37.6. The number of aromatic nitrogens is 2. The van der Waals surface area contributed by atoms with E-state index in [4.69, 9.17) is 14.5 Å². The van der Waals surface area contributed by atoms with Gasteiger partial charge in [-0.05, 0) is 116 Å². The maximum Gasteiger partial charge on any atom is 0.220 e. The summed E-state index contributed by atoms with van der Waals surface area (Å²) in [5.41, 5.74) is 11.6. The number of aliphatic imine (C=N–C) groups is 1. The van der Waals surface area contributed by atoms with Crippen LogP contribution in [-0.2, 0) is 9.53 Å². The van der Waals surface area contributed by atoms with E-state index in [0.717, 1.165) is 114 Å². The summed E-state index contributed by atoms with van der Waals surface area (Å²) in [5.74, 6) is 1.99. The largest absolute Gasteiger partial charge is 0.508 e. The second kappa shape index (κ2) is 23.2. The van der Waals surface area contributed by atoms with Gasteiger partial charge in [-0.2, -0.15) is 0 Å². The molecule has 0 saturated carbocycles. The topological polar surface area (TPSA) is 132 Å². The molecule has 3 aromatic carbocycles. The maximum atomic E-state index is 13.3. The first-order chi connectivity index (χ1) is 30.6. The van der Waals surface area contributed by atoms with Crippen molar-refractivity contribution in [2.75, 3.05) is 40.4 Å². The number of methoxy groups -OCH3 is 1. The average Bonchev–Trinajstić information content (AvgIpc) is 4.04. The number of phenols is 1. The predicted molar refractivity (Wildman–Crippen MR) is 255 cm³/mol. The molecule has 1 aliphatic rings. The number of ether oxygens (including phenoxy) is 2. The molecule has 10 nitrogen and oxygen atoms in total.